The van der Waals surface area contributed by atoms with Gasteiger partial charge in [0.2, 0.25) is 0 Å². The molecule has 0 radical (unpaired) electrons. The molecule has 3 heterocycles. The van der Waals surface area contributed by atoms with Gasteiger partial charge in [0.25, 0.3) is 0 Å². The summed E-state index contributed by atoms with van der Waals surface area (Å²) in [7, 11) is 0. The van der Waals surface area contributed by atoms with Gasteiger partial charge in [-0.2, -0.15) is 0 Å². The zero-order valence-electron chi connectivity index (χ0n) is 19.0. The smallest absolute Gasteiger partial charge is 0.341 e. The number of carboxylic acids is 1. The van der Waals surface area contributed by atoms with Gasteiger partial charge in [-0.25, -0.2) is 4.79 Å². The first kappa shape index (κ1) is 22.5. The molecular formula is C26H30ClNO5. The van der Waals surface area contributed by atoms with Crippen LogP contribution < -0.4 is 9.47 Å². The average Bonchev–Trinajstić information content (AvgIpc) is 2.78. The fourth-order valence-corrected chi connectivity index (χ4v) is 5.78. The monoisotopic (exact) mass is 471 g/mol. The Labute approximate surface area is 199 Å². The van der Waals surface area contributed by atoms with Gasteiger partial charge < -0.3 is 19.3 Å². The molecule has 0 amide bonds. The van der Waals surface area contributed by atoms with Gasteiger partial charge in [0.05, 0.1) is 12.2 Å². The zero-order valence-corrected chi connectivity index (χ0v) is 19.8. The Hall–Kier alpha value is -2.28. The highest BCUT2D eigenvalue weighted by molar-refractivity contribution is 6.30. The van der Waals surface area contributed by atoms with Crippen molar-refractivity contribution in [3.63, 3.8) is 0 Å². The Kier molecular flexibility index (Phi) is 6.02. The van der Waals surface area contributed by atoms with Crippen LogP contribution in [0.25, 0.3) is 0 Å². The van der Waals surface area contributed by atoms with Crippen LogP contribution in [0.2, 0.25) is 5.02 Å². The molecule has 3 aliphatic heterocycles. The number of piperidine rings is 1. The second-order valence-electron chi connectivity index (χ2n) is 9.94. The van der Waals surface area contributed by atoms with Gasteiger partial charge in [0.15, 0.2) is 6.61 Å². The van der Waals surface area contributed by atoms with Gasteiger partial charge in [0.1, 0.15) is 17.1 Å². The van der Waals surface area contributed by atoms with E-state index in [9.17, 15) is 4.79 Å². The van der Waals surface area contributed by atoms with Crippen LogP contribution in [0, 0.1) is 11.8 Å². The summed E-state index contributed by atoms with van der Waals surface area (Å²) in [6, 6.07) is 13.5. The number of nitrogens with zero attached hydrogens (tertiary/aromatic N) is 1. The first-order chi connectivity index (χ1) is 15.8. The van der Waals surface area contributed by atoms with E-state index < -0.39 is 5.97 Å². The predicted octanol–water partition coefficient (Wildman–Crippen LogP) is 4.94. The first-order valence-electron chi connectivity index (χ1n) is 11.6. The molecule has 2 fully saturated rings. The molecule has 3 aliphatic rings. The molecule has 0 aromatic heterocycles. The number of carboxylic acid groups (broad SMARTS) is 1. The van der Waals surface area contributed by atoms with E-state index in [4.69, 9.17) is 30.9 Å². The van der Waals surface area contributed by atoms with Crippen molar-refractivity contribution in [1.29, 1.82) is 0 Å². The Bertz CT molecular complexity index is 1020. The van der Waals surface area contributed by atoms with Crippen LogP contribution in [0.1, 0.15) is 43.9 Å². The van der Waals surface area contributed by atoms with Crippen molar-refractivity contribution in [2.24, 2.45) is 11.8 Å². The number of aliphatic carboxylic acids is 1. The molecule has 176 valence electrons. The normalized spacial score (nSPS) is 28.1. The third kappa shape index (κ3) is 4.70. The lowest BCUT2D eigenvalue weighted by atomic mass is 9.70. The van der Waals surface area contributed by atoms with E-state index in [1.54, 1.807) is 0 Å². The summed E-state index contributed by atoms with van der Waals surface area (Å²) in [5, 5.41) is 9.47. The van der Waals surface area contributed by atoms with Gasteiger partial charge in [-0.15, -0.1) is 0 Å². The molecular weight excluding hydrogens is 442 g/mol. The van der Waals surface area contributed by atoms with Crippen LogP contribution in [0.15, 0.2) is 42.5 Å². The largest absolute Gasteiger partial charge is 0.487 e. The molecule has 6 nitrogen and oxygen atoms in total. The number of rotatable bonds is 5. The van der Waals surface area contributed by atoms with Crippen molar-refractivity contribution < 1.29 is 24.1 Å². The van der Waals surface area contributed by atoms with Crippen LogP contribution in [0.3, 0.4) is 0 Å². The third-order valence-electron chi connectivity index (χ3n) is 7.23. The Balaban J connectivity index is 1.25. The highest BCUT2D eigenvalue weighted by Gasteiger charge is 2.51. The van der Waals surface area contributed by atoms with E-state index in [0.29, 0.717) is 11.7 Å². The maximum atomic E-state index is 10.7. The summed E-state index contributed by atoms with van der Waals surface area (Å²) in [5.74, 6) is 1.22. The second kappa shape index (κ2) is 8.82. The summed E-state index contributed by atoms with van der Waals surface area (Å²) in [6.07, 6.45) is 2.33. The lowest BCUT2D eigenvalue weighted by Gasteiger charge is -2.53. The van der Waals surface area contributed by atoms with Gasteiger partial charge >= 0.3 is 5.97 Å². The topological polar surface area (TPSA) is 68.2 Å². The van der Waals surface area contributed by atoms with Crippen LogP contribution in [0.4, 0.5) is 0 Å². The summed E-state index contributed by atoms with van der Waals surface area (Å²) in [4.78, 5) is 13.2. The fourth-order valence-electron chi connectivity index (χ4n) is 5.59. The Morgan fingerprint density at radius 1 is 1.24 bits per heavy atom. The van der Waals surface area contributed by atoms with Crippen molar-refractivity contribution in [2.75, 3.05) is 19.7 Å². The SMILES string of the molecule is CC1(C)Oc2ccc(Cl)cc2[C@H]2O[C@H]3CCN(Cc4ccc(OCC(=O)O)cc4)C[C@@H]3C[C@@H]21. The molecule has 0 unspecified atom stereocenters. The summed E-state index contributed by atoms with van der Waals surface area (Å²) < 4.78 is 18.4. The van der Waals surface area contributed by atoms with Gasteiger partial charge in [-0.3, -0.25) is 4.90 Å². The lowest BCUT2D eigenvalue weighted by Crippen LogP contribution is -2.55. The molecule has 0 bridgehead atoms. The van der Waals surface area contributed by atoms with Crippen molar-refractivity contribution >= 4 is 17.6 Å². The van der Waals surface area contributed by atoms with E-state index in [1.165, 1.54) is 5.56 Å². The molecule has 0 saturated carbocycles. The van der Waals surface area contributed by atoms with E-state index in [-0.39, 0.29) is 30.3 Å². The number of halogens is 1. The van der Waals surface area contributed by atoms with E-state index in [2.05, 4.69) is 18.7 Å². The number of benzene rings is 2. The highest BCUT2D eigenvalue weighted by atomic mass is 35.5. The molecule has 4 atom stereocenters. The lowest BCUT2D eigenvalue weighted by molar-refractivity contribution is -0.187. The molecule has 33 heavy (non-hydrogen) atoms. The minimum absolute atomic E-state index is 0.0218. The summed E-state index contributed by atoms with van der Waals surface area (Å²) in [6.45, 7) is 6.84. The standard InChI is InChI=1S/C26H30ClNO5/c1-26(2)21-11-17-14-28(13-16-3-6-19(7-4-16)31-15-24(29)30)10-9-22(17)32-25(21)20-12-18(27)5-8-23(20)33-26/h3-8,12,17,21-22,25H,9-11,13-15H2,1-2H3,(H,29,30)/t17-,21-,22-,25+/m0/s1. The van der Waals surface area contributed by atoms with Gasteiger partial charge in [-0.05, 0) is 68.5 Å². The molecule has 2 saturated heterocycles. The van der Waals surface area contributed by atoms with Crippen molar-refractivity contribution in [2.45, 2.75) is 51.0 Å². The van der Waals surface area contributed by atoms with Gasteiger partial charge in [0, 0.05) is 36.1 Å². The zero-order chi connectivity index (χ0) is 23.2. The fraction of sp³-hybridized carbons (Fsp3) is 0.500. The van der Waals surface area contributed by atoms with Crippen molar-refractivity contribution in [3.05, 3.63) is 58.6 Å². The first-order valence-corrected chi connectivity index (χ1v) is 12.0. The van der Waals surface area contributed by atoms with Crippen molar-refractivity contribution in [3.8, 4) is 11.5 Å². The number of ether oxygens (including phenoxy) is 3. The van der Waals surface area contributed by atoms with Crippen LogP contribution in [0.5, 0.6) is 11.5 Å². The number of hydrogen-bond donors (Lipinski definition) is 1. The highest BCUT2D eigenvalue weighted by Crippen LogP contribution is 2.53. The molecule has 5 rings (SSSR count). The Morgan fingerprint density at radius 2 is 2.03 bits per heavy atom. The molecule has 1 N–H and O–H groups in total. The maximum absolute atomic E-state index is 10.7. The van der Waals surface area contributed by atoms with Crippen molar-refractivity contribution in [1.82, 2.24) is 4.90 Å². The number of hydrogen-bond acceptors (Lipinski definition) is 5. The average molecular weight is 472 g/mol. The van der Waals surface area contributed by atoms with Crippen LogP contribution >= 0.6 is 11.6 Å². The quantitative estimate of drug-likeness (QED) is 0.666. The number of carbonyl (C=O) groups is 1. The molecule has 2 aromatic rings. The van der Waals surface area contributed by atoms with Crippen LogP contribution in [-0.2, 0) is 16.1 Å². The maximum Gasteiger partial charge on any atom is 0.341 e. The molecule has 7 heteroatoms. The predicted molar refractivity (Wildman–Crippen MR) is 125 cm³/mol. The minimum atomic E-state index is -0.975. The molecule has 0 spiro atoms. The third-order valence-corrected chi connectivity index (χ3v) is 7.46. The minimum Gasteiger partial charge on any atom is -0.487 e. The summed E-state index contributed by atoms with van der Waals surface area (Å²) in [5.41, 5.74) is 1.97. The molecule has 0 aliphatic carbocycles. The van der Waals surface area contributed by atoms with Gasteiger partial charge in [-0.1, -0.05) is 23.7 Å². The summed E-state index contributed by atoms with van der Waals surface area (Å²) >= 11 is 6.30. The number of likely N-dealkylation sites (tertiary alicyclic amines) is 1. The second-order valence-corrected chi connectivity index (χ2v) is 10.4. The van der Waals surface area contributed by atoms with E-state index >= 15 is 0 Å². The van der Waals surface area contributed by atoms with Crippen LogP contribution in [-0.4, -0.2) is 47.4 Å². The Morgan fingerprint density at radius 3 is 2.79 bits per heavy atom. The number of fused-ring (bicyclic) bond motifs is 4. The van der Waals surface area contributed by atoms with E-state index in [1.807, 2.05) is 42.5 Å². The van der Waals surface area contributed by atoms with E-state index in [0.717, 1.165) is 48.8 Å². The molecule has 2 aromatic carbocycles.